The molecule has 0 aliphatic carbocycles. The van der Waals surface area contributed by atoms with Gasteiger partial charge >= 0.3 is 12.0 Å². The molecule has 158 valence electrons. The van der Waals surface area contributed by atoms with Crippen LogP contribution in [0, 0.1) is 0 Å². The summed E-state index contributed by atoms with van der Waals surface area (Å²) in [7, 11) is 0. The average molecular weight is 415 g/mol. The van der Waals surface area contributed by atoms with Crippen LogP contribution in [0.4, 0.5) is 4.79 Å². The Morgan fingerprint density at radius 3 is 2.67 bits per heavy atom. The summed E-state index contributed by atoms with van der Waals surface area (Å²) in [6.45, 7) is 2.71. The van der Waals surface area contributed by atoms with Crippen LogP contribution in [0.2, 0.25) is 0 Å². The van der Waals surface area contributed by atoms with Crippen LogP contribution in [-0.2, 0) is 14.3 Å². The molecule has 0 unspecified atom stereocenters. The fourth-order valence-electron chi connectivity index (χ4n) is 3.76. The van der Waals surface area contributed by atoms with Gasteiger partial charge in [0.2, 0.25) is 0 Å². The number of amides is 5. The van der Waals surface area contributed by atoms with E-state index in [2.05, 4.69) is 5.32 Å². The minimum Gasteiger partial charge on any atom is -0.449 e. The largest absolute Gasteiger partial charge is 0.449 e. The predicted octanol–water partition coefficient (Wildman–Crippen LogP) is 0.559. The number of nitrogens with zero attached hydrogens (tertiary/aromatic N) is 2. The van der Waals surface area contributed by atoms with E-state index in [1.54, 1.807) is 0 Å². The van der Waals surface area contributed by atoms with E-state index in [9.17, 15) is 24.0 Å². The van der Waals surface area contributed by atoms with E-state index in [1.165, 1.54) is 25.1 Å². The van der Waals surface area contributed by atoms with Gasteiger partial charge in [-0.15, -0.1) is 0 Å². The zero-order valence-corrected chi connectivity index (χ0v) is 16.4. The maximum atomic E-state index is 12.7. The summed E-state index contributed by atoms with van der Waals surface area (Å²) in [5.41, 5.74) is 0.372. The van der Waals surface area contributed by atoms with Crippen molar-refractivity contribution in [2.45, 2.75) is 32.0 Å². The summed E-state index contributed by atoms with van der Waals surface area (Å²) < 4.78 is 10.7. The van der Waals surface area contributed by atoms with Gasteiger partial charge in [-0.05, 0) is 38.0 Å². The van der Waals surface area contributed by atoms with Crippen LogP contribution in [0.5, 0.6) is 0 Å². The first kappa shape index (κ1) is 20.0. The Kier molecular flexibility index (Phi) is 5.25. The third-order valence-electron chi connectivity index (χ3n) is 5.37. The highest BCUT2D eigenvalue weighted by atomic mass is 16.5. The van der Waals surface area contributed by atoms with Crippen molar-refractivity contribution < 1.29 is 33.4 Å². The average Bonchev–Trinajstić information content (AvgIpc) is 3.45. The topological polar surface area (TPSA) is 122 Å². The zero-order valence-electron chi connectivity index (χ0n) is 16.4. The van der Waals surface area contributed by atoms with Crippen LogP contribution in [0.25, 0.3) is 0 Å². The molecule has 1 N–H and O–H groups in total. The molecule has 5 amide bonds. The number of fused-ring (bicyclic) bond motifs is 1. The number of hydrogen-bond donors (Lipinski definition) is 1. The lowest BCUT2D eigenvalue weighted by molar-refractivity contribution is -0.136. The third kappa shape index (κ3) is 3.54. The van der Waals surface area contributed by atoms with Gasteiger partial charge in [-0.1, -0.05) is 0 Å². The number of ether oxygens (including phenoxy) is 2. The molecule has 1 aromatic rings. The molecule has 3 aliphatic rings. The second kappa shape index (κ2) is 7.86. The standard InChI is InChI=1S/C20H21N3O7/c1-11(16(24)22-7-6-21-20(22)28)30-19(27)12-4-5-14-15(9-12)18(26)23(17(14)25)10-13-3-2-8-29-13/h4-5,9,11,13H,2-3,6-8,10H2,1H3,(H,21,28)/t11-,13+/m1/s1. The monoisotopic (exact) mass is 415 g/mol. The van der Waals surface area contributed by atoms with E-state index < -0.39 is 35.8 Å². The predicted molar refractivity (Wildman–Crippen MR) is 101 cm³/mol. The van der Waals surface area contributed by atoms with Crippen molar-refractivity contribution in [3.63, 3.8) is 0 Å². The molecular formula is C20H21N3O7. The number of imide groups is 2. The van der Waals surface area contributed by atoms with Gasteiger partial charge in [0.1, 0.15) is 0 Å². The molecule has 30 heavy (non-hydrogen) atoms. The Hall–Kier alpha value is -3.27. The smallest absolute Gasteiger partial charge is 0.338 e. The molecule has 3 heterocycles. The minimum atomic E-state index is -1.18. The molecule has 0 bridgehead atoms. The normalized spacial score (nSPS) is 21.6. The van der Waals surface area contributed by atoms with Crippen LogP contribution in [-0.4, -0.2) is 78.0 Å². The molecule has 2 fully saturated rings. The number of hydrogen-bond acceptors (Lipinski definition) is 7. The highest BCUT2D eigenvalue weighted by Gasteiger charge is 2.38. The Labute approximate surface area is 172 Å². The van der Waals surface area contributed by atoms with Gasteiger partial charge in [0.05, 0.1) is 29.3 Å². The highest BCUT2D eigenvalue weighted by molar-refractivity contribution is 6.22. The molecule has 3 aliphatic heterocycles. The summed E-state index contributed by atoms with van der Waals surface area (Å²) in [5, 5.41) is 2.50. The molecular weight excluding hydrogens is 394 g/mol. The van der Waals surface area contributed by atoms with Crippen molar-refractivity contribution >= 4 is 29.7 Å². The van der Waals surface area contributed by atoms with Gasteiger partial charge in [-0.3, -0.25) is 24.2 Å². The number of benzene rings is 1. The lowest BCUT2D eigenvalue weighted by Gasteiger charge is -2.18. The molecule has 4 rings (SSSR count). The number of urea groups is 1. The summed E-state index contributed by atoms with van der Waals surface area (Å²) in [5.74, 6) is -2.36. The Morgan fingerprint density at radius 2 is 2.00 bits per heavy atom. The van der Waals surface area contributed by atoms with Crippen LogP contribution in [0.3, 0.4) is 0 Å². The van der Waals surface area contributed by atoms with Crippen molar-refractivity contribution in [3.8, 4) is 0 Å². The van der Waals surface area contributed by atoms with Gasteiger partial charge in [-0.25, -0.2) is 9.59 Å². The second-order valence-corrected chi connectivity index (χ2v) is 7.39. The van der Waals surface area contributed by atoms with E-state index in [4.69, 9.17) is 9.47 Å². The molecule has 0 saturated carbocycles. The van der Waals surface area contributed by atoms with Crippen molar-refractivity contribution in [3.05, 3.63) is 34.9 Å². The number of carbonyl (C=O) groups is 5. The van der Waals surface area contributed by atoms with E-state index in [0.29, 0.717) is 13.2 Å². The molecule has 10 nitrogen and oxygen atoms in total. The highest BCUT2D eigenvalue weighted by Crippen LogP contribution is 2.26. The van der Waals surface area contributed by atoms with Gasteiger partial charge in [0, 0.05) is 19.7 Å². The SMILES string of the molecule is C[C@@H](OC(=O)c1ccc2c(c1)C(=O)N(C[C@@H]1CCCO1)C2=O)C(=O)N1CCNC1=O. The molecule has 0 aromatic heterocycles. The van der Waals surface area contributed by atoms with E-state index in [1.807, 2.05) is 0 Å². The lowest BCUT2D eigenvalue weighted by atomic mass is 10.1. The van der Waals surface area contributed by atoms with Gasteiger partial charge in [0.15, 0.2) is 6.10 Å². The van der Waals surface area contributed by atoms with Crippen molar-refractivity contribution in [2.24, 2.45) is 0 Å². The number of esters is 1. The van der Waals surface area contributed by atoms with Crippen LogP contribution in [0.15, 0.2) is 18.2 Å². The van der Waals surface area contributed by atoms with E-state index >= 15 is 0 Å². The fraction of sp³-hybridized carbons (Fsp3) is 0.450. The van der Waals surface area contributed by atoms with Gasteiger partial charge in [-0.2, -0.15) is 0 Å². The third-order valence-corrected chi connectivity index (χ3v) is 5.37. The maximum Gasteiger partial charge on any atom is 0.338 e. The summed E-state index contributed by atoms with van der Waals surface area (Å²) >= 11 is 0. The molecule has 2 saturated heterocycles. The van der Waals surface area contributed by atoms with Gasteiger partial charge < -0.3 is 14.8 Å². The Bertz CT molecular complexity index is 938. The zero-order chi connectivity index (χ0) is 21.4. The Balaban J connectivity index is 1.45. The van der Waals surface area contributed by atoms with E-state index in [0.717, 1.165) is 22.6 Å². The van der Waals surface area contributed by atoms with Crippen LogP contribution < -0.4 is 5.32 Å². The van der Waals surface area contributed by atoms with Crippen molar-refractivity contribution in [1.29, 1.82) is 0 Å². The second-order valence-electron chi connectivity index (χ2n) is 7.39. The molecule has 1 aromatic carbocycles. The molecule has 0 radical (unpaired) electrons. The van der Waals surface area contributed by atoms with E-state index in [-0.39, 0.29) is 35.9 Å². The number of rotatable bonds is 5. The summed E-state index contributed by atoms with van der Waals surface area (Å²) in [6, 6.07) is 3.55. The van der Waals surface area contributed by atoms with Crippen LogP contribution in [0.1, 0.15) is 50.8 Å². The minimum absolute atomic E-state index is 0.0411. The summed E-state index contributed by atoms with van der Waals surface area (Å²) in [6.07, 6.45) is 0.320. The molecule has 0 spiro atoms. The molecule has 10 heteroatoms. The number of carbonyl (C=O) groups excluding carboxylic acids is 5. The first-order valence-electron chi connectivity index (χ1n) is 9.79. The lowest BCUT2D eigenvalue weighted by Crippen LogP contribution is -2.41. The first-order chi connectivity index (χ1) is 14.4. The van der Waals surface area contributed by atoms with Crippen LogP contribution >= 0.6 is 0 Å². The molecule has 2 atom stereocenters. The summed E-state index contributed by atoms with van der Waals surface area (Å²) in [4.78, 5) is 63.7. The maximum absolute atomic E-state index is 12.7. The first-order valence-corrected chi connectivity index (χ1v) is 9.79. The van der Waals surface area contributed by atoms with Crippen molar-refractivity contribution in [1.82, 2.24) is 15.1 Å². The Morgan fingerprint density at radius 1 is 1.23 bits per heavy atom. The van der Waals surface area contributed by atoms with Crippen molar-refractivity contribution in [2.75, 3.05) is 26.2 Å². The van der Waals surface area contributed by atoms with Gasteiger partial charge in [0.25, 0.3) is 17.7 Å². The fourth-order valence-corrected chi connectivity index (χ4v) is 3.76. The quantitative estimate of drug-likeness (QED) is 0.551. The number of nitrogens with one attached hydrogen (secondary N) is 1.